The van der Waals surface area contributed by atoms with Crippen LogP contribution in [0.25, 0.3) is 5.65 Å². The summed E-state index contributed by atoms with van der Waals surface area (Å²) in [5, 5.41) is 13.5. The second-order valence-electron chi connectivity index (χ2n) is 5.01. The van der Waals surface area contributed by atoms with Crippen LogP contribution < -0.4 is 0 Å². The van der Waals surface area contributed by atoms with E-state index < -0.39 is 11.9 Å². The Bertz CT molecular complexity index is 575. The number of aliphatic carboxylic acids is 1. The molecule has 0 aromatic carbocycles. The van der Waals surface area contributed by atoms with E-state index in [0.717, 1.165) is 5.56 Å². The highest BCUT2D eigenvalue weighted by Crippen LogP contribution is 2.25. The van der Waals surface area contributed by atoms with Gasteiger partial charge in [0.25, 0.3) is 0 Å². The van der Waals surface area contributed by atoms with Crippen LogP contribution >= 0.6 is 0 Å². The Labute approximate surface area is 105 Å². The smallest absolute Gasteiger partial charge is 0.312 e. The Hall–Kier alpha value is -1.91. The lowest BCUT2D eigenvalue weighted by Crippen LogP contribution is -2.18. The monoisotopic (exact) mass is 247 g/mol. The maximum Gasteiger partial charge on any atom is 0.312 e. The van der Waals surface area contributed by atoms with Gasteiger partial charge in [-0.1, -0.05) is 13.8 Å². The second-order valence-corrected chi connectivity index (χ2v) is 5.01. The van der Waals surface area contributed by atoms with Crippen LogP contribution in [0.4, 0.5) is 0 Å². The van der Waals surface area contributed by atoms with Crippen molar-refractivity contribution in [1.82, 2.24) is 14.6 Å². The summed E-state index contributed by atoms with van der Waals surface area (Å²) < 4.78 is 1.62. The van der Waals surface area contributed by atoms with Gasteiger partial charge in [-0.25, -0.2) is 9.50 Å². The van der Waals surface area contributed by atoms with Crippen molar-refractivity contribution in [3.8, 4) is 0 Å². The van der Waals surface area contributed by atoms with Crippen molar-refractivity contribution < 1.29 is 9.90 Å². The molecule has 0 aliphatic heterocycles. The molecule has 2 rings (SSSR count). The Balaban J connectivity index is 2.55. The first-order valence-corrected chi connectivity index (χ1v) is 6.02. The molecule has 0 aliphatic carbocycles. The molecule has 0 radical (unpaired) electrons. The quantitative estimate of drug-likeness (QED) is 0.899. The first-order chi connectivity index (χ1) is 8.49. The van der Waals surface area contributed by atoms with E-state index in [-0.39, 0.29) is 0 Å². The van der Waals surface area contributed by atoms with Crippen LogP contribution in [-0.2, 0) is 4.79 Å². The number of carboxylic acids is 1. The third-order valence-electron chi connectivity index (χ3n) is 2.91. The zero-order chi connectivity index (χ0) is 13.3. The summed E-state index contributed by atoms with van der Waals surface area (Å²) in [5.74, 6) is -1.05. The number of aryl methyl sites for hydroxylation is 1. The molecular formula is C13H17N3O2. The highest BCUT2D eigenvalue weighted by atomic mass is 16.4. The summed E-state index contributed by atoms with van der Waals surface area (Å²) in [6.07, 6.45) is 2.04. The Morgan fingerprint density at radius 3 is 2.78 bits per heavy atom. The topological polar surface area (TPSA) is 67.5 Å². The van der Waals surface area contributed by atoms with Crippen LogP contribution in [0.5, 0.6) is 0 Å². The lowest BCUT2D eigenvalue weighted by atomic mass is 9.93. The van der Waals surface area contributed by atoms with Gasteiger partial charge in [0.1, 0.15) is 6.33 Å². The lowest BCUT2D eigenvalue weighted by Gasteiger charge is -2.16. The fourth-order valence-corrected chi connectivity index (χ4v) is 2.16. The van der Waals surface area contributed by atoms with Crippen molar-refractivity contribution >= 4 is 11.6 Å². The minimum atomic E-state index is -0.814. The number of carbonyl (C=O) groups is 1. The molecule has 0 aliphatic rings. The molecule has 96 valence electrons. The predicted molar refractivity (Wildman–Crippen MR) is 67.6 cm³/mol. The Kier molecular flexibility index (Phi) is 3.32. The van der Waals surface area contributed by atoms with Crippen molar-refractivity contribution in [3.63, 3.8) is 0 Å². The van der Waals surface area contributed by atoms with Crippen molar-refractivity contribution in [2.45, 2.75) is 33.1 Å². The second kappa shape index (κ2) is 4.76. The highest BCUT2D eigenvalue weighted by Gasteiger charge is 2.24. The average molecular weight is 247 g/mol. The van der Waals surface area contributed by atoms with E-state index in [2.05, 4.69) is 10.1 Å². The van der Waals surface area contributed by atoms with Crippen molar-refractivity contribution in [2.75, 3.05) is 0 Å². The van der Waals surface area contributed by atoms with Gasteiger partial charge in [-0.15, -0.1) is 0 Å². The molecule has 0 saturated heterocycles. The van der Waals surface area contributed by atoms with Crippen LogP contribution in [-0.4, -0.2) is 25.7 Å². The van der Waals surface area contributed by atoms with Crippen LogP contribution in [0.1, 0.15) is 37.4 Å². The number of fused-ring (bicyclic) bond motifs is 1. The van der Waals surface area contributed by atoms with Crippen molar-refractivity contribution in [2.24, 2.45) is 5.92 Å². The molecule has 1 N–H and O–H groups in total. The van der Waals surface area contributed by atoms with Gasteiger partial charge in [0, 0.05) is 0 Å². The molecule has 1 unspecified atom stereocenters. The van der Waals surface area contributed by atoms with Crippen LogP contribution in [0.3, 0.4) is 0 Å². The number of carboxylic acid groups (broad SMARTS) is 1. The van der Waals surface area contributed by atoms with Gasteiger partial charge < -0.3 is 5.11 Å². The zero-order valence-corrected chi connectivity index (χ0v) is 10.8. The van der Waals surface area contributed by atoms with E-state index in [1.54, 1.807) is 4.52 Å². The van der Waals surface area contributed by atoms with E-state index in [0.29, 0.717) is 23.7 Å². The molecule has 0 spiro atoms. The number of hydrogen-bond acceptors (Lipinski definition) is 3. The Morgan fingerprint density at radius 2 is 2.17 bits per heavy atom. The van der Waals surface area contributed by atoms with Gasteiger partial charge in [0.15, 0.2) is 5.65 Å². The molecule has 5 heteroatoms. The minimum absolute atomic E-state index is 0.310. The van der Waals surface area contributed by atoms with E-state index in [1.807, 2.05) is 32.9 Å². The molecule has 2 aromatic heterocycles. The molecule has 0 bridgehead atoms. The number of rotatable bonds is 4. The SMILES string of the molecule is Cc1cc(C(CC(C)C)C(=O)O)n2ncnc2c1. The molecule has 2 aromatic rings. The molecule has 2 heterocycles. The van der Waals surface area contributed by atoms with Gasteiger partial charge in [-0.3, -0.25) is 4.79 Å². The van der Waals surface area contributed by atoms with Gasteiger partial charge in [-0.05, 0) is 37.0 Å². The number of pyridine rings is 1. The summed E-state index contributed by atoms with van der Waals surface area (Å²) in [5.41, 5.74) is 2.39. The Morgan fingerprint density at radius 1 is 1.44 bits per heavy atom. The molecular weight excluding hydrogens is 230 g/mol. The first-order valence-electron chi connectivity index (χ1n) is 6.02. The van der Waals surface area contributed by atoms with Gasteiger partial charge in [-0.2, -0.15) is 5.10 Å². The fraction of sp³-hybridized carbons (Fsp3) is 0.462. The van der Waals surface area contributed by atoms with E-state index in [4.69, 9.17) is 0 Å². The van der Waals surface area contributed by atoms with E-state index in [9.17, 15) is 9.90 Å². The van der Waals surface area contributed by atoms with Crippen molar-refractivity contribution in [1.29, 1.82) is 0 Å². The third-order valence-corrected chi connectivity index (χ3v) is 2.91. The predicted octanol–water partition coefficient (Wildman–Crippen LogP) is 2.25. The summed E-state index contributed by atoms with van der Waals surface area (Å²) in [4.78, 5) is 15.6. The molecule has 1 atom stereocenters. The van der Waals surface area contributed by atoms with Crippen LogP contribution in [0.15, 0.2) is 18.5 Å². The number of hydrogen-bond donors (Lipinski definition) is 1. The average Bonchev–Trinajstić information content (AvgIpc) is 2.71. The first kappa shape index (κ1) is 12.5. The van der Waals surface area contributed by atoms with Gasteiger partial charge in [0.05, 0.1) is 11.6 Å². The number of aromatic nitrogens is 3. The summed E-state index contributed by atoms with van der Waals surface area (Å²) in [6.45, 7) is 5.97. The van der Waals surface area contributed by atoms with E-state index in [1.165, 1.54) is 6.33 Å². The molecule has 0 amide bonds. The zero-order valence-electron chi connectivity index (χ0n) is 10.8. The molecule has 0 saturated carbocycles. The minimum Gasteiger partial charge on any atom is -0.481 e. The largest absolute Gasteiger partial charge is 0.481 e. The van der Waals surface area contributed by atoms with E-state index >= 15 is 0 Å². The molecule has 18 heavy (non-hydrogen) atoms. The lowest BCUT2D eigenvalue weighted by molar-refractivity contribution is -0.139. The van der Waals surface area contributed by atoms with Crippen molar-refractivity contribution in [3.05, 3.63) is 29.7 Å². The standard InChI is InChI=1S/C13H17N3O2/c1-8(2)4-10(13(17)18)11-5-9(3)6-12-14-7-15-16(11)12/h5-8,10H,4H2,1-3H3,(H,17,18). The normalized spacial score (nSPS) is 13.1. The third kappa shape index (κ3) is 2.34. The molecule has 5 nitrogen and oxygen atoms in total. The van der Waals surface area contributed by atoms with Gasteiger partial charge in [0.2, 0.25) is 0 Å². The van der Waals surface area contributed by atoms with Crippen LogP contribution in [0, 0.1) is 12.8 Å². The summed E-state index contributed by atoms with van der Waals surface area (Å²) in [6, 6.07) is 3.77. The van der Waals surface area contributed by atoms with Gasteiger partial charge >= 0.3 is 5.97 Å². The fourth-order valence-electron chi connectivity index (χ4n) is 2.16. The summed E-state index contributed by atoms with van der Waals surface area (Å²) in [7, 11) is 0. The maximum atomic E-state index is 11.5. The molecule has 0 fully saturated rings. The summed E-state index contributed by atoms with van der Waals surface area (Å²) >= 11 is 0. The number of nitrogens with zero attached hydrogens (tertiary/aromatic N) is 3. The maximum absolute atomic E-state index is 11.5. The highest BCUT2D eigenvalue weighted by molar-refractivity contribution is 5.75. The van der Waals surface area contributed by atoms with Crippen LogP contribution in [0.2, 0.25) is 0 Å².